The van der Waals surface area contributed by atoms with Crippen molar-refractivity contribution in [2.45, 2.75) is 6.54 Å². The van der Waals surface area contributed by atoms with E-state index in [9.17, 15) is 14.9 Å². The zero-order valence-corrected chi connectivity index (χ0v) is 17.2. The third-order valence-electron chi connectivity index (χ3n) is 4.48. The highest BCUT2D eigenvalue weighted by molar-refractivity contribution is 7.09. The summed E-state index contributed by atoms with van der Waals surface area (Å²) in [6.45, 7) is 0.433. The molecule has 0 radical (unpaired) electrons. The van der Waals surface area contributed by atoms with Gasteiger partial charge in [-0.2, -0.15) is 9.67 Å². The molecule has 0 saturated carbocycles. The lowest BCUT2D eigenvalue weighted by molar-refractivity contribution is -0.385. The summed E-state index contributed by atoms with van der Waals surface area (Å²) >= 11 is 1.56. The summed E-state index contributed by atoms with van der Waals surface area (Å²) in [5.74, 6) is 0.536. The fourth-order valence-electron chi connectivity index (χ4n) is 2.94. The van der Waals surface area contributed by atoms with Gasteiger partial charge in [0.1, 0.15) is 11.3 Å². The molecule has 0 fully saturated rings. The van der Waals surface area contributed by atoms with Gasteiger partial charge in [0.25, 0.3) is 11.6 Å². The van der Waals surface area contributed by atoms with Crippen molar-refractivity contribution in [3.05, 3.63) is 86.6 Å². The maximum Gasteiger partial charge on any atom is 0.288 e. The molecule has 0 spiro atoms. The minimum Gasteiger partial charge on any atom is -0.497 e. The van der Waals surface area contributed by atoms with Gasteiger partial charge >= 0.3 is 0 Å². The molecule has 0 aliphatic rings. The van der Waals surface area contributed by atoms with Gasteiger partial charge in [-0.15, -0.1) is 16.4 Å². The Morgan fingerprint density at radius 2 is 1.94 bits per heavy atom. The average Bonchev–Trinajstić information content (AvgIpc) is 3.47. The minimum absolute atomic E-state index is 0.0714. The van der Waals surface area contributed by atoms with Crippen LogP contribution in [0.25, 0.3) is 11.4 Å². The number of nitrogens with one attached hydrogen (secondary N) is 1. The molecule has 0 saturated heterocycles. The summed E-state index contributed by atoms with van der Waals surface area (Å²) in [5.41, 5.74) is 0.310. The molecule has 10 heteroatoms. The monoisotopic (exact) mass is 435 g/mol. The number of carbonyl (C=O) groups excluding carboxylic acids is 1. The molecule has 1 N–H and O–H groups in total. The number of nitrogens with zero attached hydrogens (tertiary/aromatic N) is 4. The maximum atomic E-state index is 13.2. The van der Waals surface area contributed by atoms with E-state index in [1.807, 2.05) is 17.5 Å². The average molecular weight is 435 g/mol. The number of benzene rings is 2. The molecule has 0 unspecified atom stereocenters. The van der Waals surface area contributed by atoms with Gasteiger partial charge in [0.05, 0.1) is 18.6 Å². The zero-order valence-electron chi connectivity index (χ0n) is 16.4. The number of ether oxygens (including phenoxy) is 1. The number of hydrogen-bond donors (Lipinski definition) is 1. The number of hydrogen-bond acceptors (Lipinski definition) is 8. The SMILES string of the molecule is COc1ccc(-c2nc(NCc3cccs3)n(C(=O)c3ccccc3[N+](=O)[O-])n2)cc1. The van der Waals surface area contributed by atoms with Crippen LogP contribution in [-0.4, -0.2) is 32.7 Å². The Balaban J connectivity index is 1.74. The molecule has 2 heterocycles. The highest BCUT2D eigenvalue weighted by Crippen LogP contribution is 2.24. The van der Waals surface area contributed by atoms with Crippen LogP contribution in [0.1, 0.15) is 15.2 Å². The van der Waals surface area contributed by atoms with Gasteiger partial charge in [0.15, 0.2) is 5.82 Å². The van der Waals surface area contributed by atoms with Crippen LogP contribution in [-0.2, 0) is 6.54 Å². The van der Waals surface area contributed by atoms with E-state index < -0.39 is 10.8 Å². The second-order valence-electron chi connectivity index (χ2n) is 6.41. The van der Waals surface area contributed by atoms with Gasteiger partial charge in [0, 0.05) is 16.5 Å². The number of rotatable bonds is 7. The van der Waals surface area contributed by atoms with Crippen molar-refractivity contribution in [2.75, 3.05) is 12.4 Å². The van der Waals surface area contributed by atoms with Crippen molar-refractivity contribution in [3.63, 3.8) is 0 Å². The molecular weight excluding hydrogens is 418 g/mol. The third kappa shape index (κ3) is 4.28. The first-order chi connectivity index (χ1) is 15.1. The lowest BCUT2D eigenvalue weighted by Gasteiger charge is -2.06. The second kappa shape index (κ2) is 8.76. The first-order valence-corrected chi connectivity index (χ1v) is 10.1. The first-order valence-electron chi connectivity index (χ1n) is 9.22. The van der Waals surface area contributed by atoms with Crippen LogP contribution in [0.2, 0.25) is 0 Å². The number of nitro benzene ring substituents is 1. The van der Waals surface area contributed by atoms with E-state index in [-0.39, 0.29) is 17.2 Å². The summed E-state index contributed by atoms with van der Waals surface area (Å²) in [7, 11) is 1.57. The Kier molecular flexibility index (Phi) is 5.72. The first kappa shape index (κ1) is 20.2. The molecule has 0 aliphatic heterocycles. The Morgan fingerprint density at radius 1 is 1.16 bits per heavy atom. The van der Waals surface area contributed by atoms with Crippen molar-refractivity contribution >= 4 is 28.9 Å². The largest absolute Gasteiger partial charge is 0.497 e. The number of methoxy groups -OCH3 is 1. The predicted octanol–water partition coefficient (Wildman–Crippen LogP) is 4.22. The van der Waals surface area contributed by atoms with Crippen LogP contribution in [0.3, 0.4) is 0 Å². The lowest BCUT2D eigenvalue weighted by Crippen LogP contribution is -2.18. The standard InChI is InChI=1S/C21H17N5O4S/c1-30-15-10-8-14(9-11-15)19-23-21(22-13-16-5-4-12-31-16)25(24-19)20(27)17-6-2-3-7-18(17)26(28)29/h2-12H,13H2,1H3,(H,22,23,24). The fraction of sp³-hybridized carbons (Fsp3) is 0.0952. The topological polar surface area (TPSA) is 112 Å². The number of para-hydroxylation sites is 1. The molecule has 0 atom stereocenters. The van der Waals surface area contributed by atoms with Crippen LogP contribution in [0.5, 0.6) is 5.75 Å². The predicted molar refractivity (Wildman–Crippen MR) is 116 cm³/mol. The number of thiophene rings is 1. The fourth-order valence-corrected chi connectivity index (χ4v) is 3.58. The lowest BCUT2D eigenvalue weighted by atomic mass is 10.1. The van der Waals surface area contributed by atoms with E-state index in [0.29, 0.717) is 23.7 Å². The van der Waals surface area contributed by atoms with E-state index in [1.54, 1.807) is 48.8 Å². The Bertz CT molecular complexity index is 1220. The molecule has 0 amide bonds. The van der Waals surface area contributed by atoms with Crippen molar-refractivity contribution < 1.29 is 14.5 Å². The van der Waals surface area contributed by atoms with Gasteiger partial charge in [-0.1, -0.05) is 18.2 Å². The van der Waals surface area contributed by atoms with E-state index in [1.165, 1.54) is 18.2 Å². The summed E-state index contributed by atoms with van der Waals surface area (Å²) in [5, 5.41) is 20.8. The van der Waals surface area contributed by atoms with E-state index in [4.69, 9.17) is 4.74 Å². The maximum absolute atomic E-state index is 13.2. The van der Waals surface area contributed by atoms with Gasteiger partial charge in [0.2, 0.25) is 5.95 Å². The Morgan fingerprint density at radius 3 is 2.61 bits per heavy atom. The molecular formula is C21H17N5O4S. The molecule has 4 aromatic rings. The smallest absolute Gasteiger partial charge is 0.288 e. The molecule has 156 valence electrons. The highest BCUT2D eigenvalue weighted by Gasteiger charge is 2.25. The summed E-state index contributed by atoms with van der Waals surface area (Å²) in [6.07, 6.45) is 0. The van der Waals surface area contributed by atoms with Gasteiger partial charge < -0.3 is 10.1 Å². The van der Waals surface area contributed by atoms with E-state index in [0.717, 1.165) is 9.56 Å². The third-order valence-corrected chi connectivity index (χ3v) is 5.36. The van der Waals surface area contributed by atoms with Crippen molar-refractivity contribution in [1.82, 2.24) is 14.8 Å². The van der Waals surface area contributed by atoms with Crippen molar-refractivity contribution in [3.8, 4) is 17.1 Å². The summed E-state index contributed by atoms with van der Waals surface area (Å²) < 4.78 is 6.24. The van der Waals surface area contributed by atoms with Gasteiger partial charge in [-0.05, 0) is 41.8 Å². The van der Waals surface area contributed by atoms with Crippen LogP contribution in [0.4, 0.5) is 11.6 Å². The van der Waals surface area contributed by atoms with Crippen LogP contribution < -0.4 is 10.1 Å². The van der Waals surface area contributed by atoms with Crippen molar-refractivity contribution in [2.24, 2.45) is 0 Å². The Labute approximate surface area is 181 Å². The van der Waals surface area contributed by atoms with Crippen LogP contribution in [0, 0.1) is 10.1 Å². The minimum atomic E-state index is -0.645. The summed E-state index contributed by atoms with van der Waals surface area (Å²) in [4.78, 5) is 29.5. The molecule has 2 aromatic carbocycles. The molecule has 0 aliphatic carbocycles. The zero-order chi connectivity index (χ0) is 21.8. The summed E-state index contributed by atoms with van der Waals surface area (Å²) in [6, 6.07) is 16.7. The number of aromatic nitrogens is 3. The quantitative estimate of drug-likeness (QED) is 0.341. The highest BCUT2D eigenvalue weighted by atomic mass is 32.1. The van der Waals surface area contributed by atoms with E-state index >= 15 is 0 Å². The van der Waals surface area contributed by atoms with Crippen LogP contribution in [0.15, 0.2) is 66.0 Å². The molecule has 0 bridgehead atoms. The molecule has 31 heavy (non-hydrogen) atoms. The number of nitro groups is 1. The van der Waals surface area contributed by atoms with Crippen LogP contribution >= 0.6 is 11.3 Å². The second-order valence-corrected chi connectivity index (χ2v) is 7.44. The van der Waals surface area contributed by atoms with E-state index in [2.05, 4.69) is 15.4 Å². The number of carbonyl (C=O) groups is 1. The Hall–Kier alpha value is -4.05. The molecule has 2 aromatic heterocycles. The van der Waals surface area contributed by atoms with Gasteiger partial charge in [-0.3, -0.25) is 14.9 Å². The molecule has 4 rings (SSSR count). The van der Waals surface area contributed by atoms with Crippen molar-refractivity contribution in [1.29, 1.82) is 0 Å². The van der Waals surface area contributed by atoms with Gasteiger partial charge in [-0.25, -0.2) is 0 Å². The molecule has 9 nitrogen and oxygen atoms in total. The number of anilines is 1. The normalized spacial score (nSPS) is 10.6.